The number of nitrogens with zero attached hydrogens (tertiary/aromatic N) is 3. The fraction of sp³-hybridized carbons (Fsp3) is 0.118. The first-order chi connectivity index (χ1) is 11.0. The third-order valence-corrected chi connectivity index (χ3v) is 3.98. The fourth-order valence-electron chi connectivity index (χ4n) is 2.16. The number of hydrogen-bond acceptors (Lipinski definition) is 4. The van der Waals surface area contributed by atoms with Crippen molar-refractivity contribution >= 4 is 34.7 Å². The van der Waals surface area contributed by atoms with Crippen molar-refractivity contribution < 1.29 is 0 Å². The van der Waals surface area contributed by atoms with Crippen molar-refractivity contribution in [1.82, 2.24) is 15.0 Å². The lowest BCUT2D eigenvalue weighted by atomic mass is 10.1. The van der Waals surface area contributed by atoms with Crippen molar-refractivity contribution in [2.75, 3.05) is 5.32 Å². The van der Waals surface area contributed by atoms with Gasteiger partial charge < -0.3 is 5.32 Å². The van der Waals surface area contributed by atoms with Gasteiger partial charge in [-0.15, -0.1) is 0 Å². The number of aryl methyl sites for hydroxylation is 2. The molecule has 0 saturated carbocycles. The van der Waals surface area contributed by atoms with Gasteiger partial charge in [-0.05, 0) is 49.2 Å². The minimum atomic E-state index is 0.365. The summed E-state index contributed by atoms with van der Waals surface area (Å²) in [5, 5.41) is 4.38. The highest BCUT2D eigenvalue weighted by Gasteiger charge is 2.08. The third kappa shape index (κ3) is 3.60. The maximum Gasteiger partial charge on any atom is 0.164 e. The van der Waals surface area contributed by atoms with Crippen LogP contribution >= 0.6 is 23.2 Å². The lowest BCUT2D eigenvalue weighted by Crippen LogP contribution is -2.00. The molecule has 1 N–H and O–H groups in total. The van der Waals surface area contributed by atoms with E-state index in [1.165, 1.54) is 0 Å². The predicted molar refractivity (Wildman–Crippen MR) is 94.5 cm³/mol. The summed E-state index contributed by atoms with van der Waals surface area (Å²) in [5.74, 6) is 1.14. The monoisotopic (exact) mass is 344 g/mol. The van der Waals surface area contributed by atoms with Gasteiger partial charge in [-0.1, -0.05) is 23.2 Å². The number of rotatable bonds is 3. The molecule has 0 bridgehead atoms. The van der Waals surface area contributed by atoms with Crippen LogP contribution < -0.4 is 5.32 Å². The summed E-state index contributed by atoms with van der Waals surface area (Å²) in [5.41, 5.74) is 3.76. The maximum absolute atomic E-state index is 6.14. The number of aromatic nitrogens is 3. The van der Waals surface area contributed by atoms with E-state index < -0.39 is 0 Å². The number of pyridine rings is 1. The zero-order valence-electron chi connectivity index (χ0n) is 12.6. The van der Waals surface area contributed by atoms with Crippen LogP contribution in [0.5, 0.6) is 0 Å². The average Bonchev–Trinajstić information content (AvgIpc) is 2.53. The van der Waals surface area contributed by atoms with Crippen molar-refractivity contribution in [3.8, 4) is 11.4 Å². The Morgan fingerprint density at radius 2 is 1.83 bits per heavy atom. The summed E-state index contributed by atoms with van der Waals surface area (Å²) >= 11 is 12.3. The van der Waals surface area contributed by atoms with E-state index in [4.69, 9.17) is 23.2 Å². The molecular formula is C17H14Cl2N4. The van der Waals surface area contributed by atoms with Crippen LogP contribution in [0.3, 0.4) is 0 Å². The lowest BCUT2D eigenvalue weighted by Gasteiger charge is -2.12. The smallest absolute Gasteiger partial charge is 0.164 e. The van der Waals surface area contributed by atoms with E-state index in [1.54, 1.807) is 18.5 Å². The topological polar surface area (TPSA) is 50.7 Å². The highest BCUT2D eigenvalue weighted by atomic mass is 35.5. The van der Waals surface area contributed by atoms with Crippen LogP contribution in [-0.4, -0.2) is 15.0 Å². The third-order valence-electron chi connectivity index (χ3n) is 3.38. The van der Waals surface area contributed by atoms with Gasteiger partial charge in [-0.25, -0.2) is 9.97 Å². The molecule has 2 aromatic heterocycles. The lowest BCUT2D eigenvalue weighted by molar-refractivity contribution is 1.16. The maximum atomic E-state index is 6.14. The summed E-state index contributed by atoms with van der Waals surface area (Å²) in [7, 11) is 0. The Balaban J connectivity index is 1.98. The molecule has 3 aromatic rings. The number of halogens is 2. The summed E-state index contributed by atoms with van der Waals surface area (Å²) < 4.78 is 0. The standard InChI is InChI=1S/C17H14Cl2N4/c1-10-7-14(11(2)6-13(10)18)21-16-8-15(19)22-17(23-16)12-4-3-5-20-9-12/h3-9H,1-2H3,(H,21,22,23). The molecule has 2 heterocycles. The van der Waals surface area contributed by atoms with Crippen LogP contribution in [-0.2, 0) is 0 Å². The Bertz CT molecular complexity index is 851. The van der Waals surface area contributed by atoms with Gasteiger partial charge in [0.2, 0.25) is 0 Å². The van der Waals surface area contributed by atoms with E-state index in [2.05, 4.69) is 20.3 Å². The molecule has 0 aliphatic heterocycles. The molecule has 116 valence electrons. The van der Waals surface area contributed by atoms with E-state index in [9.17, 15) is 0 Å². The summed E-state index contributed by atoms with van der Waals surface area (Å²) in [6.45, 7) is 3.94. The Hall–Kier alpha value is -2.17. The van der Waals surface area contributed by atoms with Crippen LogP contribution in [0.2, 0.25) is 10.2 Å². The van der Waals surface area contributed by atoms with Crippen LogP contribution in [0.4, 0.5) is 11.5 Å². The zero-order valence-corrected chi connectivity index (χ0v) is 14.2. The molecule has 0 unspecified atom stereocenters. The molecular weight excluding hydrogens is 331 g/mol. The molecule has 0 saturated heterocycles. The van der Waals surface area contributed by atoms with Gasteiger partial charge in [-0.2, -0.15) is 0 Å². The number of anilines is 2. The van der Waals surface area contributed by atoms with Crippen molar-refractivity contribution in [3.63, 3.8) is 0 Å². The van der Waals surface area contributed by atoms with Crippen molar-refractivity contribution in [3.05, 3.63) is 64.0 Å². The first-order valence-electron chi connectivity index (χ1n) is 7.01. The molecule has 6 heteroatoms. The fourth-order valence-corrected chi connectivity index (χ4v) is 2.56. The van der Waals surface area contributed by atoms with E-state index in [1.807, 2.05) is 38.1 Å². The van der Waals surface area contributed by atoms with Crippen molar-refractivity contribution in [2.45, 2.75) is 13.8 Å². The summed E-state index contributed by atoms with van der Waals surface area (Å²) in [6.07, 6.45) is 3.40. The predicted octanol–water partition coefficient (Wildman–Crippen LogP) is 5.21. The molecule has 0 spiro atoms. The van der Waals surface area contributed by atoms with Crippen molar-refractivity contribution in [2.24, 2.45) is 0 Å². The Labute approximate surface area is 144 Å². The quantitative estimate of drug-likeness (QED) is 0.663. The van der Waals surface area contributed by atoms with Crippen LogP contribution in [0.25, 0.3) is 11.4 Å². The van der Waals surface area contributed by atoms with Gasteiger partial charge in [-0.3, -0.25) is 4.98 Å². The molecule has 3 rings (SSSR count). The van der Waals surface area contributed by atoms with E-state index >= 15 is 0 Å². The van der Waals surface area contributed by atoms with Gasteiger partial charge in [0.25, 0.3) is 0 Å². The van der Waals surface area contributed by atoms with E-state index in [-0.39, 0.29) is 0 Å². The van der Waals surface area contributed by atoms with Crippen LogP contribution in [0.15, 0.2) is 42.7 Å². The number of benzene rings is 1. The second kappa shape index (κ2) is 6.52. The SMILES string of the molecule is Cc1cc(Nc2cc(Cl)nc(-c3cccnc3)n2)c(C)cc1Cl. The molecule has 0 radical (unpaired) electrons. The second-order valence-electron chi connectivity index (χ2n) is 5.18. The normalized spacial score (nSPS) is 10.6. The average molecular weight is 345 g/mol. The first-order valence-corrected chi connectivity index (χ1v) is 7.77. The van der Waals surface area contributed by atoms with E-state index in [0.29, 0.717) is 16.8 Å². The molecule has 0 aliphatic carbocycles. The van der Waals surface area contributed by atoms with Crippen LogP contribution in [0.1, 0.15) is 11.1 Å². The molecule has 0 atom stereocenters. The van der Waals surface area contributed by atoms with E-state index in [0.717, 1.165) is 27.4 Å². The Morgan fingerprint density at radius 1 is 1.00 bits per heavy atom. The molecule has 0 fully saturated rings. The molecule has 23 heavy (non-hydrogen) atoms. The van der Waals surface area contributed by atoms with Gasteiger partial charge in [0, 0.05) is 34.7 Å². The summed E-state index contributed by atoms with van der Waals surface area (Å²) in [6, 6.07) is 9.31. The first kappa shape index (κ1) is 15.7. The molecule has 0 aliphatic rings. The Morgan fingerprint density at radius 3 is 2.57 bits per heavy atom. The molecule has 1 aromatic carbocycles. The van der Waals surface area contributed by atoms with Crippen molar-refractivity contribution in [1.29, 1.82) is 0 Å². The molecule has 4 nitrogen and oxygen atoms in total. The van der Waals surface area contributed by atoms with Gasteiger partial charge >= 0.3 is 0 Å². The number of nitrogens with one attached hydrogen (secondary N) is 1. The summed E-state index contributed by atoms with van der Waals surface area (Å²) in [4.78, 5) is 12.8. The molecule has 0 amide bonds. The van der Waals surface area contributed by atoms with Gasteiger partial charge in [0.1, 0.15) is 11.0 Å². The van der Waals surface area contributed by atoms with Gasteiger partial charge in [0.15, 0.2) is 5.82 Å². The highest BCUT2D eigenvalue weighted by Crippen LogP contribution is 2.28. The highest BCUT2D eigenvalue weighted by molar-refractivity contribution is 6.31. The second-order valence-corrected chi connectivity index (χ2v) is 5.98. The van der Waals surface area contributed by atoms with Crippen LogP contribution in [0, 0.1) is 13.8 Å². The minimum Gasteiger partial charge on any atom is -0.340 e. The Kier molecular flexibility index (Phi) is 4.46. The number of hydrogen-bond donors (Lipinski definition) is 1. The largest absolute Gasteiger partial charge is 0.340 e. The minimum absolute atomic E-state index is 0.365. The van der Waals surface area contributed by atoms with Gasteiger partial charge in [0.05, 0.1) is 0 Å². The zero-order chi connectivity index (χ0) is 16.4.